The van der Waals surface area contributed by atoms with Gasteiger partial charge in [0.15, 0.2) is 0 Å². The van der Waals surface area contributed by atoms with Crippen LogP contribution in [0.25, 0.3) is 15.8 Å². The van der Waals surface area contributed by atoms with Crippen molar-refractivity contribution < 1.29 is 19.0 Å². The molecule has 1 aliphatic heterocycles. The number of fused-ring (bicyclic) bond motifs is 1. The maximum Gasteiger partial charge on any atom is 0.226 e. The summed E-state index contributed by atoms with van der Waals surface area (Å²) < 4.78 is 17.9. The number of ether oxygens (including phenoxy) is 3. The quantitative estimate of drug-likeness (QED) is 0.428. The van der Waals surface area contributed by atoms with Gasteiger partial charge >= 0.3 is 0 Å². The number of thiazole rings is 1. The molecule has 3 aromatic rings. The van der Waals surface area contributed by atoms with E-state index < -0.39 is 0 Å². The highest BCUT2D eigenvalue weighted by Crippen LogP contribution is 2.43. The molecule has 7 heteroatoms. The average Bonchev–Trinajstić information content (AvgIpc) is 3.36. The Morgan fingerprint density at radius 1 is 1.03 bits per heavy atom. The number of hydrogen-bond acceptors (Lipinski definition) is 6. The van der Waals surface area contributed by atoms with Gasteiger partial charge in [-0.1, -0.05) is 31.1 Å². The van der Waals surface area contributed by atoms with Gasteiger partial charge < -0.3 is 19.1 Å². The summed E-state index contributed by atoms with van der Waals surface area (Å²) in [7, 11) is 4.94. The van der Waals surface area contributed by atoms with Crippen LogP contribution in [-0.4, -0.2) is 50.2 Å². The van der Waals surface area contributed by atoms with Gasteiger partial charge in [0.05, 0.1) is 42.1 Å². The van der Waals surface area contributed by atoms with E-state index in [0.717, 1.165) is 65.3 Å². The number of hydrogen-bond donors (Lipinski definition) is 0. The Labute approximate surface area is 210 Å². The van der Waals surface area contributed by atoms with E-state index in [0.29, 0.717) is 18.8 Å². The Morgan fingerprint density at radius 2 is 1.77 bits per heavy atom. The Bertz CT molecular complexity index is 1190. The van der Waals surface area contributed by atoms with Crippen LogP contribution in [0, 0.1) is 5.92 Å². The van der Waals surface area contributed by atoms with Gasteiger partial charge in [0.2, 0.25) is 5.91 Å². The zero-order valence-electron chi connectivity index (χ0n) is 20.6. The van der Waals surface area contributed by atoms with E-state index in [1.54, 1.807) is 32.7 Å². The van der Waals surface area contributed by atoms with Crippen LogP contribution in [0.3, 0.4) is 0 Å². The van der Waals surface area contributed by atoms with Gasteiger partial charge in [-0.25, -0.2) is 4.98 Å². The SMILES string of the molecule is COc1cc(OC)c(C2=CCN(C(=O)C3CCCCC3c3nc4ccccc4s3)CC2)c(OC)c1. The van der Waals surface area contributed by atoms with Crippen LogP contribution in [0.15, 0.2) is 42.5 Å². The first-order valence-corrected chi connectivity index (χ1v) is 13.1. The zero-order valence-corrected chi connectivity index (χ0v) is 21.4. The van der Waals surface area contributed by atoms with Gasteiger partial charge in [0.25, 0.3) is 0 Å². The Hall–Kier alpha value is -3.06. The fourth-order valence-corrected chi connectivity index (χ4v) is 6.59. The molecule has 0 bridgehead atoms. The Balaban J connectivity index is 1.36. The smallest absolute Gasteiger partial charge is 0.226 e. The number of amides is 1. The molecule has 1 saturated carbocycles. The molecule has 1 aliphatic carbocycles. The van der Waals surface area contributed by atoms with Crippen molar-refractivity contribution in [1.29, 1.82) is 0 Å². The van der Waals surface area contributed by atoms with Crippen molar-refractivity contribution >= 4 is 33.0 Å². The highest BCUT2D eigenvalue weighted by molar-refractivity contribution is 7.18. The minimum atomic E-state index is 0.00400. The largest absolute Gasteiger partial charge is 0.496 e. The predicted octanol–water partition coefficient (Wildman–Crippen LogP) is 5.91. The molecule has 5 rings (SSSR count). The molecule has 2 atom stereocenters. The lowest BCUT2D eigenvalue weighted by atomic mass is 9.78. The van der Waals surface area contributed by atoms with Gasteiger partial charge in [-0.2, -0.15) is 0 Å². The van der Waals surface area contributed by atoms with E-state index in [-0.39, 0.29) is 17.7 Å². The first-order chi connectivity index (χ1) is 17.1. The van der Waals surface area contributed by atoms with Crippen LogP contribution >= 0.6 is 11.3 Å². The second-order valence-electron chi connectivity index (χ2n) is 9.19. The Morgan fingerprint density at radius 3 is 2.43 bits per heavy atom. The lowest BCUT2D eigenvalue weighted by Crippen LogP contribution is -2.41. The Kier molecular flexibility index (Phi) is 6.95. The van der Waals surface area contributed by atoms with Crippen LogP contribution in [0.5, 0.6) is 17.2 Å². The topological polar surface area (TPSA) is 60.9 Å². The number of aromatic nitrogens is 1. The van der Waals surface area contributed by atoms with Crippen molar-refractivity contribution in [2.75, 3.05) is 34.4 Å². The molecule has 1 aromatic heterocycles. The van der Waals surface area contributed by atoms with E-state index in [4.69, 9.17) is 19.2 Å². The predicted molar refractivity (Wildman–Crippen MR) is 140 cm³/mol. The maximum atomic E-state index is 13.7. The van der Waals surface area contributed by atoms with Crippen molar-refractivity contribution in [3.05, 3.63) is 53.0 Å². The molecule has 2 heterocycles. The molecule has 2 aromatic carbocycles. The monoisotopic (exact) mass is 492 g/mol. The summed E-state index contributed by atoms with van der Waals surface area (Å²) in [5.41, 5.74) is 3.11. The molecular formula is C28H32N2O4S. The molecule has 184 valence electrons. The number of carbonyl (C=O) groups excluding carboxylic acids is 1. The van der Waals surface area contributed by atoms with E-state index in [2.05, 4.69) is 24.3 Å². The summed E-state index contributed by atoms with van der Waals surface area (Å²) in [4.78, 5) is 20.7. The number of carbonyl (C=O) groups is 1. The summed E-state index contributed by atoms with van der Waals surface area (Å²) in [6.45, 7) is 1.28. The second kappa shape index (κ2) is 10.3. The molecule has 35 heavy (non-hydrogen) atoms. The fraction of sp³-hybridized carbons (Fsp3) is 0.429. The van der Waals surface area contributed by atoms with Crippen LogP contribution in [-0.2, 0) is 4.79 Å². The van der Waals surface area contributed by atoms with Gasteiger partial charge in [-0.3, -0.25) is 4.79 Å². The van der Waals surface area contributed by atoms with E-state index in [1.807, 2.05) is 23.1 Å². The lowest BCUT2D eigenvalue weighted by molar-refractivity contribution is -0.136. The number of methoxy groups -OCH3 is 3. The normalized spacial score (nSPS) is 20.4. The van der Waals surface area contributed by atoms with Crippen molar-refractivity contribution in [2.24, 2.45) is 5.92 Å². The van der Waals surface area contributed by atoms with E-state index in [9.17, 15) is 4.79 Å². The van der Waals surface area contributed by atoms with Gasteiger partial charge in [-0.05, 0) is 37.0 Å². The lowest BCUT2D eigenvalue weighted by Gasteiger charge is -2.35. The van der Waals surface area contributed by atoms with E-state index >= 15 is 0 Å². The number of para-hydroxylation sites is 1. The third kappa shape index (κ3) is 4.61. The molecule has 0 spiro atoms. The van der Waals surface area contributed by atoms with Crippen LogP contribution in [0.2, 0.25) is 0 Å². The molecule has 0 saturated heterocycles. The molecule has 2 aliphatic rings. The van der Waals surface area contributed by atoms with Crippen LogP contribution in [0.1, 0.15) is 48.6 Å². The van der Waals surface area contributed by atoms with E-state index in [1.165, 1.54) is 4.70 Å². The molecule has 2 unspecified atom stereocenters. The minimum absolute atomic E-state index is 0.00400. The van der Waals surface area contributed by atoms with Crippen molar-refractivity contribution in [3.63, 3.8) is 0 Å². The third-order valence-electron chi connectivity index (χ3n) is 7.27. The number of benzene rings is 2. The first-order valence-electron chi connectivity index (χ1n) is 12.3. The second-order valence-corrected chi connectivity index (χ2v) is 10.3. The van der Waals surface area contributed by atoms with Gasteiger partial charge in [0, 0.05) is 37.1 Å². The maximum absolute atomic E-state index is 13.7. The standard InChI is InChI=1S/C28H32N2O4S/c1-32-19-16-23(33-2)26(24(17-19)34-3)18-12-14-30(15-13-18)28(31)21-9-5-4-8-20(21)27-29-22-10-6-7-11-25(22)35-27/h6-7,10-12,16-17,20-21H,4-5,8-9,13-15H2,1-3H3. The summed E-state index contributed by atoms with van der Waals surface area (Å²) >= 11 is 1.75. The number of rotatable bonds is 6. The molecule has 1 amide bonds. The highest BCUT2D eigenvalue weighted by atomic mass is 32.1. The van der Waals surface area contributed by atoms with Crippen LogP contribution in [0.4, 0.5) is 0 Å². The van der Waals surface area contributed by atoms with Crippen molar-refractivity contribution in [1.82, 2.24) is 9.88 Å². The molecule has 0 radical (unpaired) electrons. The van der Waals surface area contributed by atoms with Crippen molar-refractivity contribution in [3.8, 4) is 17.2 Å². The summed E-state index contributed by atoms with van der Waals surface area (Å²) in [5.74, 6) is 2.60. The summed E-state index contributed by atoms with van der Waals surface area (Å²) in [5, 5.41) is 1.12. The first kappa shape index (κ1) is 23.7. The highest BCUT2D eigenvalue weighted by Gasteiger charge is 2.37. The summed E-state index contributed by atoms with van der Waals surface area (Å²) in [6, 6.07) is 12.0. The fourth-order valence-electron chi connectivity index (χ4n) is 5.42. The summed E-state index contributed by atoms with van der Waals surface area (Å²) in [6.07, 6.45) is 7.13. The zero-order chi connectivity index (χ0) is 24.4. The van der Waals surface area contributed by atoms with Gasteiger partial charge in [-0.15, -0.1) is 11.3 Å². The van der Waals surface area contributed by atoms with Gasteiger partial charge in [0.1, 0.15) is 17.2 Å². The minimum Gasteiger partial charge on any atom is -0.496 e. The third-order valence-corrected chi connectivity index (χ3v) is 8.44. The average molecular weight is 493 g/mol. The molecular weight excluding hydrogens is 460 g/mol. The number of nitrogens with zero attached hydrogens (tertiary/aromatic N) is 2. The molecule has 1 fully saturated rings. The molecule has 0 N–H and O–H groups in total. The molecule has 6 nitrogen and oxygen atoms in total. The van der Waals surface area contributed by atoms with Crippen molar-refractivity contribution in [2.45, 2.75) is 38.0 Å². The van der Waals surface area contributed by atoms with Crippen LogP contribution < -0.4 is 14.2 Å².